The SMILES string of the molecule is O=[N+]([O-])c1cccc(CC(F)c2ccccc2)c1. The highest BCUT2D eigenvalue weighted by molar-refractivity contribution is 5.35. The summed E-state index contributed by atoms with van der Waals surface area (Å²) in [7, 11) is 0. The van der Waals surface area contributed by atoms with E-state index in [-0.39, 0.29) is 12.1 Å². The van der Waals surface area contributed by atoms with Gasteiger partial charge in [-0.15, -0.1) is 0 Å². The quantitative estimate of drug-likeness (QED) is 0.606. The van der Waals surface area contributed by atoms with Crippen LogP contribution in [-0.2, 0) is 6.42 Å². The summed E-state index contributed by atoms with van der Waals surface area (Å²) in [6.07, 6.45) is -1.00. The molecular weight excluding hydrogens is 233 g/mol. The first-order valence-corrected chi connectivity index (χ1v) is 5.59. The zero-order valence-corrected chi connectivity index (χ0v) is 9.62. The van der Waals surface area contributed by atoms with Gasteiger partial charge in [0.25, 0.3) is 5.69 Å². The van der Waals surface area contributed by atoms with E-state index >= 15 is 0 Å². The average molecular weight is 245 g/mol. The minimum absolute atomic E-state index is 0.00670. The molecule has 0 heterocycles. The Labute approximate surface area is 104 Å². The maximum Gasteiger partial charge on any atom is 0.269 e. The minimum Gasteiger partial charge on any atom is -0.258 e. The van der Waals surface area contributed by atoms with Crippen LogP contribution in [-0.4, -0.2) is 4.92 Å². The van der Waals surface area contributed by atoms with Crippen LogP contribution in [0, 0.1) is 10.1 Å². The average Bonchev–Trinajstić information content (AvgIpc) is 2.40. The predicted molar refractivity (Wildman–Crippen MR) is 67.1 cm³/mol. The number of hydrogen-bond acceptors (Lipinski definition) is 2. The Kier molecular flexibility index (Phi) is 3.67. The molecule has 1 unspecified atom stereocenters. The van der Waals surface area contributed by atoms with Crippen LogP contribution in [0.5, 0.6) is 0 Å². The van der Waals surface area contributed by atoms with Crippen LogP contribution in [0.3, 0.4) is 0 Å². The number of non-ortho nitro benzene ring substituents is 1. The lowest BCUT2D eigenvalue weighted by atomic mass is 10.0. The summed E-state index contributed by atoms with van der Waals surface area (Å²) in [6, 6.07) is 14.9. The van der Waals surface area contributed by atoms with Gasteiger partial charge in [0.15, 0.2) is 0 Å². The van der Waals surface area contributed by atoms with Gasteiger partial charge in [0, 0.05) is 18.6 Å². The fraction of sp³-hybridized carbons (Fsp3) is 0.143. The Balaban J connectivity index is 2.14. The van der Waals surface area contributed by atoms with Crippen LogP contribution >= 0.6 is 0 Å². The molecule has 0 spiro atoms. The molecule has 2 rings (SSSR count). The minimum atomic E-state index is -1.15. The Morgan fingerprint density at radius 2 is 1.83 bits per heavy atom. The lowest BCUT2D eigenvalue weighted by Crippen LogP contribution is -1.97. The maximum atomic E-state index is 14.0. The van der Waals surface area contributed by atoms with Gasteiger partial charge in [-0.2, -0.15) is 0 Å². The van der Waals surface area contributed by atoms with Gasteiger partial charge >= 0.3 is 0 Å². The second-order valence-corrected chi connectivity index (χ2v) is 4.01. The molecule has 2 aromatic carbocycles. The molecule has 4 heteroatoms. The first-order chi connectivity index (χ1) is 8.66. The molecule has 0 aliphatic rings. The molecule has 2 aromatic rings. The van der Waals surface area contributed by atoms with Crippen molar-refractivity contribution in [1.82, 2.24) is 0 Å². The summed E-state index contributed by atoms with van der Waals surface area (Å²) < 4.78 is 14.0. The zero-order valence-electron chi connectivity index (χ0n) is 9.62. The van der Waals surface area contributed by atoms with Gasteiger partial charge in [0.1, 0.15) is 6.17 Å². The van der Waals surface area contributed by atoms with E-state index in [4.69, 9.17) is 0 Å². The molecule has 0 bridgehead atoms. The number of hydrogen-bond donors (Lipinski definition) is 0. The molecular formula is C14H12FNO2. The van der Waals surface area contributed by atoms with Gasteiger partial charge in [-0.25, -0.2) is 4.39 Å². The van der Waals surface area contributed by atoms with E-state index in [9.17, 15) is 14.5 Å². The molecule has 0 saturated heterocycles. The van der Waals surface area contributed by atoms with Crippen LogP contribution in [0.2, 0.25) is 0 Å². The number of halogens is 1. The second-order valence-electron chi connectivity index (χ2n) is 4.01. The highest BCUT2D eigenvalue weighted by Crippen LogP contribution is 2.23. The molecule has 0 aromatic heterocycles. The standard InChI is InChI=1S/C14H12FNO2/c15-14(12-6-2-1-3-7-12)10-11-5-4-8-13(9-11)16(17)18/h1-9,14H,10H2. The topological polar surface area (TPSA) is 43.1 Å². The van der Waals surface area contributed by atoms with Crippen LogP contribution < -0.4 is 0 Å². The Morgan fingerprint density at radius 1 is 1.11 bits per heavy atom. The maximum absolute atomic E-state index is 14.0. The molecule has 0 radical (unpaired) electrons. The van der Waals surface area contributed by atoms with Gasteiger partial charge in [0.05, 0.1) is 4.92 Å². The third kappa shape index (κ3) is 2.91. The molecule has 18 heavy (non-hydrogen) atoms. The smallest absolute Gasteiger partial charge is 0.258 e. The van der Waals surface area contributed by atoms with Crippen molar-refractivity contribution in [2.75, 3.05) is 0 Å². The Morgan fingerprint density at radius 3 is 2.50 bits per heavy atom. The lowest BCUT2D eigenvalue weighted by Gasteiger charge is -2.08. The number of nitrogens with zero attached hydrogens (tertiary/aromatic N) is 1. The van der Waals surface area contributed by atoms with Crippen LogP contribution in [0.25, 0.3) is 0 Å². The number of alkyl halides is 1. The zero-order chi connectivity index (χ0) is 13.0. The molecule has 1 atom stereocenters. The molecule has 0 aliphatic heterocycles. The van der Waals surface area contributed by atoms with Crippen molar-refractivity contribution in [3.05, 3.63) is 75.8 Å². The third-order valence-corrected chi connectivity index (χ3v) is 2.70. The van der Waals surface area contributed by atoms with Gasteiger partial charge in [-0.05, 0) is 11.1 Å². The van der Waals surface area contributed by atoms with Crippen LogP contribution in [0.1, 0.15) is 17.3 Å². The van der Waals surface area contributed by atoms with Crippen molar-refractivity contribution in [3.63, 3.8) is 0 Å². The van der Waals surface area contributed by atoms with E-state index < -0.39 is 11.1 Å². The first-order valence-electron chi connectivity index (χ1n) is 5.59. The van der Waals surface area contributed by atoms with E-state index in [1.807, 2.05) is 6.07 Å². The van der Waals surface area contributed by atoms with E-state index in [2.05, 4.69) is 0 Å². The third-order valence-electron chi connectivity index (χ3n) is 2.70. The molecule has 92 valence electrons. The van der Waals surface area contributed by atoms with E-state index in [1.54, 1.807) is 36.4 Å². The number of nitro benzene ring substituents is 1. The number of rotatable bonds is 4. The van der Waals surface area contributed by atoms with Crippen molar-refractivity contribution in [3.8, 4) is 0 Å². The fourth-order valence-electron chi connectivity index (χ4n) is 1.78. The highest BCUT2D eigenvalue weighted by Gasteiger charge is 2.12. The number of nitro groups is 1. The molecule has 0 amide bonds. The Bertz CT molecular complexity index is 543. The van der Waals surface area contributed by atoms with Crippen LogP contribution in [0.15, 0.2) is 54.6 Å². The Hall–Kier alpha value is -2.23. The molecule has 0 N–H and O–H groups in total. The van der Waals surface area contributed by atoms with Crippen LogP contribution in [0.4, 0.5) is 10.1 Å². The molecule has 0 saturated carbocycles. The van der Waals surface area contributed by atoms with Gasteiger partial charge in [-0.3, -0.25) is 10.1 Å². The van der Waals surface area contributed by atoms with E-state index in [0.29, 0.717) is 11.1 Å². The fourth-order valence-corrected chi connectivity index (χ4v) is 1.78. The van der Waals surface area contributed by atoms with Gasteiger partial charge in [0.2, 0.25) is 0 Å². The summed E-state index contributed by atoms with van der Waals surface area (Å²) in [6.45, 7) is 0. The van der Waals surface area contributed by atoms with E-state index in [0.717, 1.165) is 0 Å². The number of benzene rings is 2. The summed E-state index contributed by atoms with van der Waals surface area (Å²) >= 11 is 0. The second kappa shape index (κ2) is 5.40. The highest BCUT2D eigenvalue weighted by atomic mass is 19.1. The normalized spacial score (nSPS) is 12.1. The van der Waals surface area contributed by atoms with Gasteiger partial charge < -0.3 is 0 Å². The largest absolute Gasteiger partial charge is 0.269 e. The lowest BCUT2D eigenvalue weighted by molar-refractivity contribution is -0.384. The van der Waals surface area contributed by atoms with Gasteiger partial charge in [-0.1, -0.05) is 42.5 Å². The summed E-state index contributed by atoms with van der Waals surface area (Å²) in [5.74, 6) is 0. The van der Waals surface area contributed by atoms with Crippen molar-refractivity contribution in [2.24, 2.45) is 0 Å². The van der Waals surface area contributed by atoms with Crippen molar-refractivity contribution in [1.29, 1.82) is 0 Å². The molecule has 0 fully saturated rings. The first kappa shape index (κ1) is 12.2. The van der Waals surface area contributed by atoms with Crippen molar-refractivity contribution < 1.29 is 9.31 Å². The predicted octanol–water partition coefficient (Wildman–Crippen LogP) is 3.85. The summed E-state index contributed by atoms with van der Waals surface area (Å²) in [5, 5.41) is 10.6. The van der Waals surface area contributed by atoms with E-state index in [1.165, 1.54) is 12.1 Å². The van der Waals surface area contributed by atoms with Crippen molar-refractivity contribution in [2.45, 2.75) is 12.6 Å². The summed E-state index contributed by atoms with van der Waals surface area (Å²) in [4.78, 5) is 10.1. The molecule has 3 nitrogen and oxygen atoms in total. The molecule has 0 aliphatic carbocycles. The van der Waals surface area contributed by atoms with Crippen molar-refractivity contribution >= 4 is 5.69 Å². The monoisotopic (exact) mass is 245 g/mol. The summed E-state index contributed by atoms with van der Waals surface area (Å²) in [5.41, 5.74) is 1.21.